The smallest absolute Gasteiger partial charge is 0.254 e. The highest BCUT2D eigenvalue weighted by atomic mass is 16.6. The normalized spacial score (nSPS) is 23.9. The van der Waals surface area contributed by atoms with Crippen molar-refractivity contribution in [2.45, 2.75) is 24.5 Å². The number of nitrogens with zero attached hydrogens (tertiary/aromatic N) is 6. The minimum atomic E-state index is -1.31. The van der Waals surface area contributed by atoms with Crippen LogP contribution in [0.15, 0.2) is 18.7 Å². The molecule has 1 aliphatic rings. The number of imidazole rings is 1. The lowest BCUT2D eigenvalue weighted by molar-refractivity contribution is -0.0511. The van der Waals surface area contributed by atoms with Gasteiger partial charge in [0.2, 0.25) is 0 Å². The van der Waals surface area contributed by atoms with Crippen LogP contribution in [0.3, 0.4) is 0 Å². The third-order valence-electron chi connectivity index (χ3n) is 4.50. The molecule has 14 nitrogen and oxygen atoms in total. The van der Waals surface area contributed by atoms with E-state index in [0.717, 1.165) is 0 Å². The first-order chi connectivity index (χ1) is 13.4. The van der Waals surface area contributed by atoms with Crippen molar-refractivity contribution in [1.82, 2.24) is 34.6 Å². The fourth-order valence-corrected chi connectivity index (χ4v) is 3.02. The number of aromatic nitrogens is 6. The summed E-state index contributed by atoms with van der Waals surface area (Å²) in [6, 6.07) is 0. The molecule has 156 valence electrons. The standard InChI is InChI=1S/C15H18N8O5.H2O/c1-17-13(27)6-2-19-23(3-6)15-20-11(16)8-12(21-15)22(5-18-8)14-10(26)9(25)7(4-24)28-14;/h2-3,5,7,9-10,14,24-26H,4H2,1H3,(H,17,27)(H2,16,20,21);1H2/t7-,9?,10?,14-;/m1./s1. The van der Waals surface area contributed by atoms with Crippen LogP contribution in [0.4, 0.5) is 5.82 Å². The number of nitrogen functional groups attached to an aromatic ring is 1. The van der Waals surface area contributed by atoms with Crippen LogP contribution in [0.1, 0.15) is 16.6 Å². The molecule has 2 unspecified atom stereocenters. The summed E-state index contributed by atoms with van der Waals surface area (Å²) in [5.41, 5.74) is 6.78. The molecule has 4 atom stereocenters. The molecule has 0 saturated carbocycles. The molecule has 0 aromatic carbocycles. The number of rotatable bonds is 4. The first-order valence-corrected chi connectivity index (χ1v) is 8.34. The van der Waals surface area contributed by atoms with Gasteiger partial charge in [0.15, 0.2) is 17.7 Å². The van der Waals surface area contributed by atoms with Crippen LogP contribution in [0, 0.1) is 0 Å². The number of nitrogens with one attached hydrogen (secondary N) is 1. The van der Waals surface area contributed by atoms with Gasteiger partial charge in [0.1, 0.15) is 23.8 Å². The number of amides is 1. The number of ether oxygens (including phenoxy) is 1. The van der Waals surface area contributed by atoms with E-state index < -0.39 is 31.1 Å². The Hall–Kier alpha value is -3.17. The summed E-state index contributed by atoms with van der Waals surface area (Å²) >= 11 is 0. The zero-order valence-corrected chi connectivity index (χ0v) is 15.2. The van der Waals surface area contributed by atoms with E-state index in [4.69, 9.17) is 10.5 Å². The summed E-state index contributed by atoms with van der Waals surface area (Å²) in [6.45, 7) is -0.459. The number of aliphatic hydroxyl groups excluding tert-OH is 3. The molecule has 29 heavy (non-hydrogen) atoms. The number of nitrogens with two attached hydrogens (primary N) is 1. The van der Waals surface area contributed by atoms with E-state index in [2.05, 4.69) is 25.4 Å². The lowest BCUT2D eigenvalue weighted by atomic mass is 10.1. The van der Waals surface area contributed by atoms with Crippen molar-refractivity contribution in [2.24, 2.45) is 0 Å². The van der Waals surface area contributed by atoms with Gasteiger partial charge in [-0.2, -0.15) is 15.1 Å². The number of carbonyl (C=O) groups excluding carboxylic acids is 1. The second-order valence-electron chi connectivity index (χ2n) is 6.21. The Morgan fingerprint density at radius 2 is 2.10 bits per heavy atom. The van der Waals surface area contributed by atoms with Gasteiger partial charge in [0.25, 0.3) is 11.9 Å². The Morgan fingerprint density at radius 1 is 1.34 bits per heavy atom. The average molecular weight is 408 g/mol. The molecule has 4 rings (SSSR count). The maximum Gasteiger partial charge on any atom is 0.254 e. The fourth-order valence-electron chi connectivity index (χ4n) is 3.02. The zero-order chi connectivity index (χ0) is 20.0. The molecular weight excluding hydrogens is 388 g/mol. The van der Waals surface area contributed by atoms with Gasteiger partial charge >= 0.3 is 0 Å². The van der Waals surface area contributed by atoms with E-state index in [1.165, 1.54) is 35.0 Å². The molecule has 1 fully saturated rings. The van der Waals surface area contributed by atoms with Crippen LogP contribution in [0.5, 0.6) is 0 Å². The van der Waals surface area contributed by atoms with Gasteiger partial charge in [-0.3, -0.25) is 9.36 Å². The second kappa shape index (κ2) is 7.69. The first kappa shape index (κ1) is 20.6. The third kappa shape index (κ3) is 3.28. The summed E-state index contributed by atoms with van der Waals surface area (Å²) in [4.78, 5) is 24.4. The molecule has 0 bridgehead atoms. The van der Waals surface area contributed by atoms with E-state index in [-0.39, 0.29) is 34.3 Å². The van der Waals surface area contributed by atoms with Crippen molar-refractivity contribution < 1.29 is 30.3 Å². The van der Waals surface area contributed by atoms with E-state index in [1.807, 2.05) is 0 Å². The Morgan fingerprint density at radius 3 is 2.76 bits per heavy atom. The largest absolute Gasteiger partial charge is 0.412 e. The highest BCUT2D eigenvalue weighted by molar-refractivity contribution is 5.93. The molecule has 3 aromatic rings. The molecule has 4 heterocycles. The average Bonchev–Trinajstić information content (AvgIpc) is 3.40. The highest BCUT2D eigenvalue weighted by Crippen LogP contribution is 2.32. The highest BCUT2D eigenvalue weighted by Gasteiger charge is 2.44. The molecule has 0 radical (unpaired) electrons. The Labute approximate surface area is 162 Å². The lowest BCUT2D eigenvalue weighted by Gasteiger charge is -2.16. The minimum absolute atomic E-state index is 0. The topological polar surface area (TPSA) is 218 Å². The van der Waals surface area contributed by atoms with Gasteiger partial charge in [0.05, 0.1) is 24.7 Å². The van der Waals surface area contributed by atoms with Gasteiger partial charge in [0, 0.05) is 13.2 Å². The minimum Gasteiger partial charge on any atom is -0.412 e. The predicted molar refractivity (Wildman–Crippen MR) is 96.9 cm³/mol. The summed E-state index contributed by atoms with van der Waals surface area (Å²) in [6.07, 6.45) is -0.418. The van der Waals surface area contributed by atoms with Crippen molar-refractivity contribution in [3.05, 3.63) is 24.3 Å². The lowest BCUT2D eigenvalue weighted by Crippen LogP contribution is -2.33. The molecule has 8 N–H and O–H groups in total. The van der Waals surface area contributed by atoms with Gasteiger partial charge in [-0.15, -0.1) is 0 Å². The van der Waals surface area contributed by atoms with Gasteiger partial charge in [-0.1, -0.05) is 0 Å². The van der Waals surface area contributed by atoms with Crippen molar-refractivity contribution in [1.29, 1.82) is 0 Å². The van der Waals surface area contributed by atoms with Crippen LogP contribution in [-0.4, -0.2) is 88.0 Å². The van der Waals surface area contributed by atoms with Gasteiger partial charge < -0.3 is 36.6 Å². The SMILES string of the molecule is CNC(=O)c1cnn(-c2nc(N)c3ncn([C@@H]4O[C@H](CO)C(O)C4O)c3n2)c1.O. The number of hydrogen-bond acceptors (Lipinski definition) is 10. The van der Waals surface area contributed by atoms with Crippen molar-refractivity contribution in [3.63, 3.8) is 0 Å². The van der Waals surface area contributed by atoms with Crippen LogP contribution >= 0.6 is 0 Å². The van der Waals surface area contributed by atoms with Crippen molar-refractivity contribution >= 4 is 22.9 Å². The third-order valence-corrected chi connectivity index (χ3v) is 4.50. The molecular formula is C15H20N8O6. The second-order valence-corrected chi connectivity index (χ2v) is 6.21. The van der Waals surface area contributed by atoms with Crippen LogP contribution in [0.25, 0.3) is 17.1 Å². The summed E-state index contributed by atoms with van der Waals surface area (Å²) < 4.78 is 8.18. The molecule has 0 spiro atoms. The van der Waals surface area contributed by atoms with Gasteiger partial charge in [-0.05, 0) is 0 Å². The van der Waals surface area contributed by atoms with Crippen molar-refractivity contribution in [2.75, 3.05) is 19.4 Å². The number of hydrogen-bond donors (Lipinski definition) is 5. The van der Waals surface area contributed by atoms with Crippen LogP contribution in [-0.2, 0) is 4.74 Å². The molecule has 14 heteroatoms. The van der Waals surface area contributed by atoms with Crippen LogP contribution in [0.2, 0.25) is 0 Å². The Bertz CT molecular complexity index is 1040. The number of aliphatic hydroxyl groups is 3. The molecule has 3 aromatic heterocycles. The number of carbonyl (C=O) groups is 1. The summed E-state index contributed by atoms with van der Waals surface area (Å²) in [5.74, 6) is -0.187. The van der Waals surface area contributed by atoms with E-state index >= 15 is 0 Å². The fraction of sp³-hybridized carbons (Fsp3) is 0.400. The van der Waals surface area contributed by atoms with E-state index in [1.54, 1.807) is 0 Å². The predicted octanol–water partition coefficient (Wildman–Crippen LogP) is -3.26. The molecule has 0 aliphatic carbocycles. The quantitative estimate of drug-likeness (QED) is 0.290. The van der Waals surface area contributed by atoms with Crippen LogP contribution < -0.4 is 11.1 Å². The first-order valence-electron chi connectivity index (χ1n) is 8.34. The molecule has 1 aliphatic heterocycles. The summed E-state index contributed by atoms with van der Waals surface area (Å²) in [7, 11) is 1.50. The number of anilines is 1. The van der Waals surface area contributed by atoms with Crippen molar-refractivity contribution in [3.8, 4) is 5.95 Å². The Balaban J connectivity index is 0.00000240. The Kier molecular flexibility index (Phi) is 5.45. The summed E-state index contributed by atoms with van der Waals surface area (Å²) in [5, 5.41) is 36.1. The van der Waals surface area contributed by atoms with E-state index in [0.29, 0.717) is 5.56 Å². The molecule has 1 amide bonds. The number of fused-ring (bicyclic) bond motifs is 1. The maximum atomic E-state index is 11.7. The van der Waals surface area contributed by atoms with E-state index in [9.17, 15) is 20.1 Å². The monoisotopic (exact) mass is 408 g/mol. The maximum absolute atomic E-state index is 11.7. The molecule has 1 saturated heterocycles. The zero-order valence-electron chi connectivity index (χ0n) is 15.2. The van der Waals surface area contributed by atoms with Gasteiger partial charge in [-0.25, -0.2) is 9.67 Å².